The summed E-state index contributed by atoms with van der Waals surface area (Å²) in [5.74, 6) is 0. The van der Waals surface area contributed by atoms with Crippen molar-refractivity contribution in [3.05, 3.63) is 36.4 Å². The summed E-state index contributed by atoms with van der Waals surface area (Å²) < 4.78 is 9.09. The van der Waals surface area contributed by atoms with E-state index < -0.39 is 9.60 Å². The second-order valence-electron chi connectivity index (χ2n) is 1.34. The Kier molecular flexibility index (Phi) is 16.6. The first-order chi connectivity index (χ1) is 5.73. The Hall–Kier alpha value is 0.0700. The lowest BCUT2D eigenvalue weighted by molar-refractivity contribution is 0.620. The van der Waals surface area contributed by atoms with Crippen molar-refractivity contribution >= 4 is 31.0 Å². The number of hydrogen-bond acceptors (Lipinski definition) is 2. The molecule has 70 valence electrons. The Morgan fingerprint density at radius 1 is 0.917 bits per heavy atom. The quantitative estimate of drug-likeness (QED) is 0.692. The molecule has 1 rings (SSSR count). The molecule has 0 saturated carbocycles. The van der Waals surface area contributed by atoms with Gasteiger partial charge in [0.05, 0.1) is 0 Å². The van der Waals surface area contributed by atoms with E-state index in [4.69, 9.17) is 4.55 Å². The third-order valence-corrected chi connectivity index (χ3v) is 0.667. The SMILES string of the molecule is CN.[O-][S+](Cl)Cl.c1ccccc1. The van der Waals surface area contributed by atoms with Gasteiger partial charge in [-0.3, -0.25) is 0 Å². The minimum absolute atomic E-state index is 1.50. The van der Waals surface area contributed by atoms with Crippen LogP contribution in [0.25, 0.3) is 0 Å². The van der Waals surface area contributed by atoms with Crippen LogP contribution in [0.1, 0.15) is 0 Å². The van der Waals surface area contributed by atoms with Gasteiger partial charge in [0.15, 0.2) is 31.0 Å². The van der Waals surface area contributed by atoms with Gasteiger partial charge in [-0.25, -0.2) is 0 Å². The van der Waals surface area contributed by atoms with E-state index in [1.807, 2.05) is 36.4 Å². The van der Waals surface area contributed by atoms with Crippen molar-refractivity contribution in [3.8, 4) is 0 Å². The van der Waals surface area contributed by atoms with Crippen LogP contribution in [0, 0.1) is 0 Å². The van der Waals surface area contributed by atoms with Crippen LogP contribution < -0.4 is 5.73 Å². The van der Waals surface area contributed by atoms with Crippen LogP contribution in [0.5, 0.6) is 0 Å². The monoisotopic (exact) mass is 227 g/mol. The van der Waals surface area contributed by atoms with Gasteiger partial charge in [-0.1, -0.05) is 36.4 Å². The predicted octanol–water partition coefficient (Wildman–Crippen LogP) is 2.30. The van der Waals surface area contributed by atoms with E-state index in [2.05, 4.69) is 27.1 Å². The van der Waals surface area contributed by atoms with Crippen LogP contribution in [0.15, 0.2) is 36.4 Å². The summed E-state index contributed by atoms with van der Waals surface area (Å²) in [5, 5.41) is 0. The molecule has 2 nitrogen and oxygen atoms in total. The third kappa shape index (κ3) is 22.5. The van der Waals surface area contributed by atoms with Gasteiger partial charge >= 0.3 is 0 Å². The van der Waals surface area contributed by atoms with E-state index in [0.717, 1.165) is 0 Å². The first kappa shape index (κ1) is 14.6. The lowest BCUT2D eigenvalue weighted by Crippen LogP contribution is -1.69. The van der Waals surface area contributed by atoms with E-state index in [-0.39, 0.29) is 0 Å². The van der Waals surface area contributed by atoms with Crippen LogP contribution in [0.4, 0.5) is 0 Å². The molecule has 0 radical (unpaired) electrons. The Bertz CT molecular complexity index is 122. The fourth-order valence-electron chi connectivity index (χ4n) is 0.385. The largest absolute Gasteiger partial charge is 0.582 e. The van der Waals surface area contributed by atoms with Gasteiger partial charge in [-0.05, 0) is 7.05 Å². The highest BCUT2D eigenvalue weighted by Crippen LogP contribution is 1.98. The molecule has 12 heavy (non-hydrogen) atoms. The Balaban J connectivity index is 0. The van der Waals surface area contributed by atoms with Crippen LogP contribution in [0.3, 0.4) is 0 Å². The predicted molar refractivity (Wildman–Crippen MR) is 56.4 cm³/mol. The summed E-state index contributed by atoms with van der Waals surface area (Å²) in [6.07, 6.45) is 0. The van der Waals surface area contributed by atoms with E-state index in [9.17, 15) is 0 Å². The molecule has 0 saturated heterocycles. The van der Waals surface area contributed by atoms with Crippen molar-refractivity contribution in [3.63, 3.8) is 0 Å². The van der Waals surface area contributed by atoms with Gasteiger partial charge in [-0.15, -0.1) is 0 Å². The molecule has 5 heteroatoms. The summed E-state index contributed by atoms with van der Waals surface area (Å²) in [7, 11) is 8.86. The molecule has 0 aliphatic rings. The number of rotatable bonds is 0. The molecule has 0 spiro atoms. The van der Waals surface area contributed by atoms with Gasteiger partial charge in [0.1, 0.15) is 0 Å². The molecule has 0 aliphatic carbocycles. The van der Waals surface area contributed by atoms with Crippen molar-refractivity contribution < 1.29 is 4.55 Å². The first-order valence-electron chi connectivity index (χ1n) is 3.05. The second-order valence-corrected chi connectivity index (χ2v) is 3.86. The zero-order valence-corrected chi connectivity index (χ0v) is 8.94. The number of halogens is 2. The standard InChI is InChI=1S/C6H6.CH5N.Cl2OS/c1-2-4-6-5-3-1;1-2;1-4(2)3/h1-6H;2H2,1H3;. The molecule has 0 unspecified atom stereocenters. The minimum atomic E-state index is -1.67. The summed E-state index contributed by atoms with van der Waals surface area (Å²) in [4.78, 5) is 0. The van der Waals surface area contributed by atoms with E-state index >= 15 is 0 Å². The van der Waals surface area contributed by atoms with Gasteiger partial charge < -0.3 is 10.3 Å². The van der Waals surface area contributed by atoms with Crippen LogP contribution in [0.2, 0.25) is 0 Å². The molecule has 0 heterocycles. The van der Waals surface area contributed by atoms with Gasteiger partial charge in [-0.2, -0.15) is 0 Å². The Labute approximate surface area is 84.9 Å². The van der Waals surface area contributed by atoms with Crippen LogP contribution in [-0.4, -0.2) is 11.6 Å². The fraction of sp³-hybridized carbons (Fsp3) is 0.143. The van der Waals surface area contributed by atoms with Crippen molar-refractivity contribution in [2.45, 2.75) is 0 Å². The molecule has 1 aromatic carbocycles. The second kappa shape index (κ2) is 13.6. The topological polar surface area (TPSA) is 49.1 Å². The van der Waals surface area contributed by atoms with Gasteiger partial charge in [0.2, 0.25) is 0 Å². The molecule has 0 amide bonds. The molecule has 0 bridgehead atoms. The van der Waals surface area contributed by atoms with Crippen LogP contribution >= 0.6 is 21.4 Å². The smallest absolute Gasteiger partial charge is 0.198 e. The molecule has 1 aromatic rings. The summed E-state index contributed by atoms with van der Waals surface area (Å²) >= 11 is 0. The molecule has 0 atom stereocenters. The van der Waals surface area contributed by atoms with Gasteiger partial charge in [0, 0.05) is 0 Å². The average molecular weight is 228 g/mol. The van der Waals surface area contributed by atoms with E-state index in [1.54, 1.807) is 0 Å². The Morgan fingerprint density at radius 2 is 1.00 bits per heavy atom. The number of nitrogens with two attached hydrogens (primary N) is 1. The Morgan fingerprint density at radius 3 is 1.08 bits per heavy atom. The maximum Gasteiger partial charge on any atom is 0.198 e. The highest BCUT2D eigenvalue weighted by molar-refractivity contribution is 8.31. The lowest BCUT2D eigenvalue weighted by atomic mass is 10.4. The summed E-state index contributed by atoms with van der Waals surface area (Å²) in [5.41, 5.74) is 4.50. The highest BCUT2D eigenvalue weighted by atomic mass is 36.0. The number of hydrogen-bond donors (Lipinski definition) is 1. The third-order valence-electron chi connectivity index (χ3n) is 0.667. The molecule has 0 aromatic heterocycles. The molecular formula is C7H11Cl2NOS. The molecule has 0 fully saturated rings. The van der Waals surface area contributed by atoms with Gasteiger partial charge in [0.25, 0.3) is 0 Å². The van der Waals surface area contributed by atoms with Crippen LogP contribution in [-0.2, 0) is 9.60 Å². The van der Waals surface area contributed by atoms with Crippen molar-refractivity contribution in [1.82, 2.24) is 0 Å². The van der Waals surface area contributed by atoms with E-state index in [1.165, 1.54) is 7.05 Å². The van der Waals surface area contributed by atoms with E-state index in [0.29, 0.717) is 0 Å². The lowest BCUT2D eigenvalue weighted by Gasteiger charge is -1.73. The fourth-order valence-corrected chi connectivity index (χ4v) is 0.385. The molecular weight excluding hydrogens is 217 g/mol. The van der Waals surface area contributed by atoms with Crippen molar-refractivity contribution in [1.29, 1.82) is 0 Å². The summed E-state index contributed by atoms with van der Waals surface area (Å²) in [6.45, 7) is 0. The first-order valence-corrected chi connectivity index (χ1v) is 5.85. The summed E-state index contributed by atoms with van der Waals surface area (Å²) in [6, 6.07) is 12.0. The normalized spacial score (nSPS) is 7.50. The molecule has 0 aliphatic heterocycles. The van der Waals surface area contributed by atoms with Crippen molar-refractivity contribution in [2.75, 3.05) is 7.05 Å². The average Bonchev–Trinajstić information content (AvgIpc) is 2.10. The maximum absolute atomic E-state index is 9.09. The molecule has 2 N–H and O–H groups in total. The number of benzene rings is 1. The zero-order valence-electron chi connectivity index (χ0n) is 6.61. The van der Waals surface area contributed by atoms with Crippen molar-refractivity contribution in [2.24, 2.45) is 5.73 Å². The zero-order chi connectivity index (χ0) is 9.82. The minimum Gasteiger partial charge on any atom is -0.582 e. The maximum atomic E-state index is 9.09. The highest BCUT2D eigenvalue weighted by Gasteiger charge is 1.83.